The molecule has 1 aromatic carbocycles. The molecule has 0 saturated heterocycles. The number of nitrogens with zero attached hydrogens (tertiary/aromatic N) is 2. The maximum absolute atomic E-state index is 12.6. The van der Waals surface area contributed by atoms with Crippen molar-refractivity contribution in [2.24, 2.45) is 0 Å². The average Bonchev–Trinajstić information content (AvgIpc) is 3.14. The van der Waals surface area contributed by atoms with E-state index < -0.39 is 23.8 Å². The van der Waals surface area contributed by atoms with Gasteiger partial charge in [0, 0.05) is 11.9 Å². The minimum absolute atomic E-state index is 0.403. The summed E-state index contributed by atoms with van der Waals surface area (Å²) in [4.78, 5) is 12.2. The van der Waals surface area contributed by atoms with Crippen molar-refractivity contribution in [2.75, 3.05) is 5.32 Å². The Bertz CT molecular complexity index is 736. The first-order valence-electron chi connectivity index (χ1n) is 7.39. The number of aromatic nitrogens is 2. The topological polar surface area (TPSA) is 46.9 Å². The van der Waals surface area contributed by atoms with Crippen molar-refractivity contribution in [1.29, 1.82) is 0 Å². The third kappa shape index (κ3) is 3.23. The molecule has 1 aliphatic rings. The number of halogens is 3. The van der Waals surface area contributed by atoms with Crippen LogP contribution in [0.5, 0.6) is 0 Å². The van der Waals surface area contributed by atoms with Gasteiger partial charge in [-0.25, -0.2) is 0 Å². The smallest absolute Gasteiger partial charge is 0.324 e. The molecule has 1 aromatic heterocycles. The maximum atomic E-state index is 12.6. The third-order valence-electron chi connectivity index (χ3n) is 4.04. The lowest BCUT2D eigenvalue weighted by atomic mass is 10.1. The zero-order valence-corrected chi connectivity index (χ0v) is 12.5. The number of aryl methyl sites for hydroxylation is 2. The monoisotopic (exact) mass is 323 g/mol. The van der Waals surface area contributed by atoms with Crippen LogP contribution in [0, 0.1) is 0 Å². The number of nitrogens with one attached hydrogen (secondary N) is 1. The molecule has 0 radical (unpaired) electrons. The Kier molecular flexibility index (Phi) is 3.87. The number of anilines is 1. The lowest BCUT2D eigenvalue weighted by Crippen LogP contribution is -2.24. The number of amides is 1. The predicted octanol–water partition coefficient (Wildman–Crippen LogP) is 3.59. The van der Waals surface area contributed by atoms with Crippen molar-refractivity contribution in [3.63, 3.8) is 0 Å². The van der Waals surface area contributed by atoms with Crippen LogP contribution in [-0.4, -0.2) is 15.7 Å². The van der Waals surface area contributed by atoms with Crippen LogP contribution in [-0.2, 0) is 23.8 Å². The van der Waals surface area contributed by atoms with Crippen LogP contribution >= 0.6 is 0 Å². The van der Waals surface area contributed by atoms with Gasteiger partial charge in [0.25, 0.3) is 0 Å². The van der Waals surface area contributed by atoms with Crippen molar-refractivity contribution in [3.05, 3.63) is 47.3 Å². The van der Waals surface area contributed by atoms with E-state index in [0.29, 0.717) is 5.69 Å². The maximum Gasteiger partial charge on any atom is 0.435 e. The molecule has 1 amide bonds. The fraction of sp³-hybridized carbons (Fsp3) is 0.375. The Morgan fingerprint density at radius 1 is 1.26 bits per heavy atom. The number of carbonyl (C=O) groups excluding carboxylic acids is 1. The standard InChI is InChI=1S/C16H16F3N3O/c1-10(22-8-7-14(21-22)16(17,18)19)15(23)20-13-6-5-11-3-2-4-12(11)9-13/h5-10H,2-4H2,1H3,(H,20,23). The van der Waals surface area contributed by atoms with Crippen molar-refractivity contribution < 1.29 is 18.0 Å². The second-order valence-corrected chi connectivity index (χ2v) is 5.68. The molecule has 1 atom stereocenters. The van der Waals surface area contributed by atoms with Crippen LogP contribution in [0.2, 0.25) is 0 Å². The van der Waals surface area contributed by atoms with Crippen LogP contribution in [0.25, 0.3) is 0 Å². The fourth-order valence-corrected chi connectivity index (χ4v) is 2.72. The molecule has 1 N–H and O–H groups in total. The van der Waals surface area contributed by atoms with Crippen LogP contribution < -0.4 is 5.32 Å². The molecule has 23 heavy (non-hydrogen) atoms. The Labute approximate surface area is 131 Å². The molecule has 2 aromatic rings. The molecule has 4 nitrogen and oxygen atoms in total. The van der Waals surface area contributed by atoms with E-state index in [9.17, 15) is 18.0 Å². The molecular weight excluding hydrogens is 307 g/mol. The quantitative estimate of drug-likeness (QED) is 0.938. The molecule has 1 unspecified atom stereocenters. The summed E-state index contributed by atoms with van der Waals surface area (Å²) in [7, 11) is 0. The summed E-state index contributed by atoms with van der Waals surface area (Å²) in [6.07, 6.45) is -0.204. The molecule has 7 heteroatoms. The first-order chi connectivity index (χ1) is 10.8. The molecule has 1 heterocycles. The number of fused-ring (bicyclic) bond motifs is 1. The van der Waals surface area contributed by atoms with Crippen LogP contribution in [0.15, 0.2) is 30.5 Å². The van der Waals surface area contributed by atoms with E-state index in [2.05, 4.69) is 10.4 Å². The lowest BCUT2D eigenvalue weighted by molar-refractivity contribution is -0.141. The van der Waals surface area contributed by atoms with Gasteiger partial charge in [0.05, 0.1) is 0 Å². The molecule has 1 aliphatic carbocycles. The lowest BCUT2D eigenvalue weighted by Gasteiger charge is -2.13. The van der Waals surface area contributed by atoms with Gasteiger partial charge in [-0.2, -0.15) is 18.3 Å². The normalized spacial score (nSPS) is 15.3. The van der Waals surface area contributed by atoms with Crippen molar-refractivity contribution >= 4 is 11.6 Å². The minimum atomic E-state index is -4.51. The second-order valence-electron chi connectivity index (χ2n) is 5.68. The van der Waals surface area contributed by atoms with Crippen molar-refractivity contribution in [1.82, 2.24) is 9.78 Å². The highest BCUT2D eigenvalue weighted by Gasteiger charge is 2.34. The Balaban J connectivity index is 1.71. The third-order valence-corrected chi connectivity index (χ3v) is 4.04. The Hall–Kier alpha value is -2.31. The molecule has 0 bridgehead atoms. The molecule has 0 saturated carbocycles. The number of alkyl halides is 3. The van der Waals surface area contributed by atoms with Crippen LogP contribution in [0.1, 0.15) is 36.2 Å². The highest BCUT2D eigenvalue weighted by atomic mass is 19.4. The van der Waals surface area contributed by atoms with Crippen LogP contribution in [0.3, 0.4) is 0 Å². The Morgan fingerprint density at radius 2 is 2.00 bits per heavy atom. The van der Waals surface area contributed by atoms with Crippen LogP contribution in [0.4, 0.5) is 18.9 Å². The summed E-state index contributed by atoms with van der Waals surface area (Å²) in [5.41, 5.74) is 2.16. The largest absolute Gasteiger partial charge is 0.435 e. The zero-order valence-electron chi connectivity index (χ0n) is 12.5. The van der Waals surface area contributed by atoms with E-state index in [1.165, 1.54) is 18.1 Å². The first-order valence-corrected chi connectivity index (χ1v) is 7.39. The van der Waals surface area contributed by atoms with Gasteiger partial charge in [-0.15, -0.1) is 0 Å². The Morgan fingerprint density at radius 3 is 2.70 bits per heavy atom. The zero-order chi connectivity index (χ0) is 16.6. The highest BCUT2D eigenvalue weighted by Crippen LogP contribution is 2.28. The van der Waals surface area contributed by atoms with Gasteiger partial charge in [0.1, 0.15) is 6.04 Å². The summed E-state index contributed by atoms with van der Waals surface area (Å²) in [6, 6.07) is 5.76. The first kappa shape index (κ1) is 15.6. The van der Waals surface area contributed by atoms with Gasteiger partial charge in [0.2, 0.25) is 5.91 Å². The fourth-order valence-electron chi connectivity index (χ4n) is 2.72. The van der Waals surface area contributed by atoms with E-state index in [4.69, 9.17) is 0 Å². The van der Waals surface area contributed by atoms with Gasteiger partial charge < -0.3 is 5.32 Å². The molecular formula is C16H16F3N3O. The van der Waals surface area contributed by atoms with Crippen molar-refractivity contribution in [3.8, 4) is 0 Å². The molecule has 0 fully saturated rings. The predicted molar refractivity (Wildman–Crippen MR) is 79.0 cm³/mol. The molecule has 0 spiro atoms. The summed E-state index contributed by atoms with van der Waals surface area (Å²) in [5.74, 6) is -0.403. The number of benzene rings is 1. The number of hydrogen-bond donors (Lipinski definition) is 1. The number of hydrogen-bond acceptors (Lipinski definition) is 2. The SMILES string of the molecule is CC(C(=O)Nc1ccc2c(c1)CCC2)n1ccc(C(F)(F)F)n1. The van der Waals surface area contributed by atoms with Gasteiger partial charge in [0.15, 0.2) is 5.69 Å². The number of rotatable bonds is 3. The summed E-state index contributed by atoms with van der Waals surface area (Å²) < 4.78 is 38.7. The van der Waals surface area contributed by atoms with Gasteiger partial charge in [-0.1, -0.05) is 6.07 Å². The van der Waals surface area contributed by atoms with Gasteiger partial charge >= 0.3 is 6.18 Å². The van der Waals surface area contributed by atoms with Crippen molar-refractivity contribution in [2.45, 2.75) is 38.4 Å². The summed E-state index contributed by atoms with van der Waals surface area (Å²) >= 11 is 0. The van der Waals surface area contributed by atoms with Gasteiger partial charge in [-0.3, -0.25) is 9.48 Å². The minimum Gasteiger partial charge on any atom is -0.324 e. The molecule has 122 valence electrons. The van der Waals surface area contributed by atoms with Gasteiger partial charge in [-0.05, 0) is 55.5 Å². The average molecular weight is 323 g/mol. The highest BCUT2D eigenvalue weighted by molar-refractivity contribution is 5.93. The second kappa shape index (κ2) is 5.72. The number of carbonyl (C=O) groups is 1. The summed E-state index contributed by atoms with van der Waals surface area (Å²) in [5, 5.41) is 6.17. The molecule has 3 rings (SSSR count). The van der Waals surface area contributed by atoms with E-state index >= 15 is 0 Å². The summed E-state index contributed by atoms with van der Waals surface area (Å²) in [6.45, 7) is 1.51. The van der Waals surface area contributed by atoms with E-state index in [0.717, 1.165) is 36.2 Å². The van der Waals surface area contributed by atoms with E-state index in [1.54, 1.807) is 0 Å². The van der Waals surface area contributed by atoms with E-state index in [1.807, 2.05) is 18.2 Å². The molecule has 0 aliphatic heterocycles. The van der Waals surface area contributed by atoms with E-state index in [-0.39, 0.29) is 0 Å².